The van der Waals surface area contributed by atoms with Gasteiger partial charge in [0.2, 0.25) is 0 Å². The van der Waals surface area contributed by atoms with Gasteiger partial charge in [-0.05, 0) is 49.1 Å². The molecule has 0 spiro atoms. The van der Waals surface area contributed by atoms with Crippen LogP contribution in [0.4, 0.5) is 14.5 Å². The predicted molar refractivity (Wildman–Crippen MR) is 110 cm³/mol. The highest BCUT2D eigenvalue weighted by Crippen LogP contribution is 2.39. The van der Waals surface area contributed by atoms with Gasteiger partial charge in [0.05, 0.1) is 29.6 Å². The average Bonchev–Trinajstić information content (AvgIpc) is 3.30. The molecule has 8 heteroatoms. The molecular weight excluding hydrogens is 390 g/mol. The number of hydrogen-bond acceptors (Lipinski definition) is 4. The van der Waals surface area contributed by atoms with Gasteiger partial charge in [-0.3, -0.25) is 4.79 Å². The number of primary amides is 1. The molecule has 0 saturated carbocycles. The third-order valence-electron chi connectivity index (χ3n) is 6.16. The second kappa shape index (κ2) is 7.65. The maximum Gasteiger partial charge on any atom is 0.251 e. The van der Waals surface area contributed by atoms with Crippen molar-refractivity contribution in [1.82, 2.24) is 9.78 Å². The number of nitrogens with zero attached hydrogens (tertiary/aromatic N) is 2. The number of aryl methyl sites for hydroxylation is 1. The Kier molecular flexibility index (Phi) is 5.30. The van der Waals surface area contributed by atoms with E-state index in [1.54, 1.807) is 0 Å². The van der Waals surface area contributed by atoms with Gasteiger partial charge in [0, 0.05) is 12.3 Å². The number of carbonyl (C=O) groups excluding carboxylic acids is 1. The molecule has 2 aliphatic rings. The zero-order valence-electron chi connectivity index (χ0n) is 17.6. The summed E-state index contributed by atoms with van der Waals surface area (Å²) >= 11 is 0. The number of rotatable bonds is 5. The monoisotopic (exact) mass is 418 g/mol. The van der Waals surface area contributed by atoms with Gasteiger partial charge in [-0.15, -0.1) is 0 Å². The standard InChI is InChI=1S/C22H28F2N4O2/c1-4-16-13-5-7-22(2,3)10-17(13)28(27-16)20-15(23)9-14(21(25)29)19(18(20)24)26-12-6-8-30-11-12/h9,12,26H,4-8,10-11H2,1-3H3,(H2,25,29). The van der Waals surface area contributed by atoms with Gasteiger partial charge in [0.15, 0.2) is 11.6 Å². The van der Waals surface area contributed by atoms with Crippen LogP contribution in [0.5, 0.6) is 0 Å². The lowest BCUT2D eigenvalue weighted by Crippen LogP contribution is -2.26. The van der Waals surface area contributed by atoms with Crippen molar-refractivity contribution in [1.29, 1.82) is 0 Å². The van der Waals surface area contributed by atoms with Gasteiger partial charge < -0.3 is 15.8 Å². The van der Waals surface area contributed by atoms with Crippen molar-refractivity contribution in [2.45, 2.75) is 58.9 Å². The molecule has 1 aromatic carbocycles. The first kappa shape index (κ1) is 20.8. The van der Waals surface area contributed by atoms with Crippen LogP contribution < -0.4 is 11.1 Å². The first-order valence-electron chi connectivity index (χ1n) is 10.5. The molecule has 3 N–H and O–H groups in total. The summed E-state index contributed by atoms with van der Waals surface area (Å²) in [6.45, 7) is 7.21. The minimum absolute atomic E-state index is 0.0121. The number of hydrogen-bond donors (Lipinski definition) is 2. The van der Waals surface area contributed by atoms with Crippen molar-refractivity contribution >= 4 is 11.6 Å². The van der Waals surface area contributed by atoms with Gasteiger partial charge in [0.25, 0.3) is 5.91 Å². The highest BCUT2D eigenvalue weighted by atomic mass is 19.1. The maximum absolute atomic E-state index is 15.8. The van der Waals surface area contributed by atoms with Crippen LogP contribution in [0.15, 0.2) is 6.07 Å². The fraction of sp³-hybridized carbons (Fsp3) is 0.545. The number of ether oxygens (including phenoxy) is 1. The molecule has 0 radical (unpaired) electrons. The van der Waals surface area contributed by atoms with Crippen molar-refractivity contribution < 1.29 is 18.3 Å². The third-order valence-corrected chi connectivity index (χ3v) is 6.16. The van der Waals surface area contributed by atoms with E-state index in [1.165, 1.54) is 4.68 Å². The first-order valence-corrected chi connectivity index (χ1v) is 10.5. The molecule has 0 bridgehead atoms. The van der Waals surface area contributed by atoms with Gasteiger partial charge in [-0.25, -0.2) is 13.5 Å². The molecule has 1 aliphatic carbocycles. The Bertz CT molecular complexity index is 994. The van der Waals surface area contributed by atoms with Crippen LogP contribution in [-0.4, -0.2) is 34.9 Å². The van der Waals surface area contributed by atoms with Gasteiger partial charge in [0.1, 0.15) is 5.69 Å². The quantitative estimate of drug-likeness (QED) is 0.778. The molecule has 1 unspecified atom stereocenters. The second-order valence-electron chi connectivity index (χ2n) is 8.99. The first-order chi connectivity index (χ1) is 14.2. The van der Waals surface area contributed by atoms with Crippen LogP contribution in [0, 0.1) is 17.0 Å². The summed E-state index contributed by atoms with van der Waals surface area (Å²) in [5.74, 6) is -2.60. The minimum atomic E-state index is -0.890. The smallest absolute Gasteiger partial charge is 0.251 e. The summed E-state index contributed by atoms with van der Waals surface area (Å²) in [7, 11) is 0. The Morgan fingerprint density at radius 3 is 2.83 bits per heavy atom. The highest BCUT2D eigenvalue weighted by Gasteiger charge is 2.33. The largest absolute Gasteiger partial charge is 0.379 e. The molecule has 4 rings (SSSR count). The summed E-state index contributed by atoms with van der Waals surface area (Å²) < 4.78 is 37.7. The topological polar surface area (TPSA) is 82.2 Å². The Morgan fingerprint density at radius 2 is 2.20 bits per heavy atom. The van der Waals surface area contributed by atoms with Crippen molar-refractivity contribution in [2.75, 3.05) is 18.5 Å². The molecule has 6 nitrogen and oxygen atoms in total. The summed E-state index contributed by atoms with van der Waals surface area (Å²) in [6.07, 6.45) is 3.85. The van der Waals surface area contributed by atoms with Gasteiger partial charge in [-0.2, -0.15) is 5.10 Å². The molecule has 30 heavy (non-hydrogen) atoms. The Hall–Kier alpha value is -2.48. The molecule has 1 aromatic heterocycles. The zero-order chi connectivity index (χ0) is 21.6. The fourth-order valence-corrected chi connectivity index (χ4v) is 4.47. The molecule has 162 valence electrons. The van der Waals surface area contributed by atoms with E-state index in [9.17, 15) is 4.79 Å². The fourth-order valence-electron chi connectivity index (χ4n) is 4.47. The number of amides is 1. The summed E-state index contributed by atoms with van der Waals surface area (Å²) in [5.41, 5.74) is 7.64. The van der Waals surface area contributed by atoms with Gasteiger partial charge in [-0.1, -0.05) is 20.8 Å². The molecule has 1 fully saturated rings. The molecule has 2 aromatic rings. The van der Waals surface area contributed by atoms with E-state index < -0.39 is 17.5 Å². The van der Waals surface area contributed by atoms with Crippen LogP contribution >= 0.6 is 0 Å². The lowest BCUT2D eigenvalue weighted by molar-refractivity contribution is 0.1000. The van der Waals surface area contributed by atoms with Crippen molar-refractivity contribution in [3.8, 4) is 5.69 Å². The maximum atomic E-state index is 15.8. The van der Waals surface area contributed by atoms with E-state index >= 15 is 8.78 Å². The van der Waals surface area contributed by atoms with E-state index in [0.717, 1.165) is 35.9 Å². The normalized spacial score (nSPS) is 20.2. The van der Waals surface area contributed by atoms with Crippen LogP contribution in [-0.2, 0) is 24.0 Å². The number of benzene rings is 1. The number of fused-ring (bicyclic) bond motifs is 1. The zero-order valence-corrected chi connectivity index (χ0v) is 17.6. The molecule has 1 saturated heterocycles. The van der Waals surface area contributed by atoms with Crippen molar-refractivity contribution in [2.24, 2.45) is 11.1 Å². The number of carbonyl (C=O) groups is 1. The van der Waals surface area contributed by atoms with Gasteiger partial charge >= 0.3 is 0 Å². The number of halogens is 2. The Morgan fingerprint density at radius 1 is 1.43 bits per heavy atom. The van der Waals surface area contributed by atoms with E-state index in [4.69, 9.17) is 10.5 Å². The van der Waals surface area contributed by atoms with Crippen LogP contribution in [0.2, 0.25) is 0 Å². The molecule has 1 amide bonds. The summed E-state index contributed by atoms with van der Waals surface area (Å²) in [6, 6.07) is 0.833. The average molecular weight is 418 g/mol. The lowest BCUT2D eigenvalue weighted by atomic mass is 9.76. The number of anilines is 1. The Labute approximate surface area is 174 Å². The van der Waals surface area contributed by atoms with Crippen molar-refractivity contribution in [3.63, 3.8) is 0 Å². The molecule has 1 atom stereocenters. The van der Waals surface area contributed by atoms with Crippen molar-refractivity contribution in [3.05, 3.63) is 40.2 Å². The third kappa shape index (κ3) is 3.57. The Balaban J connectivity index is 1.89. The minimum Gasteiger partial charge on any atom is -0.379 e. The highest BCUT2D eigenvalue weighted by molar-refractivity contribution is 5.99. The molecule has 2 heterocycles. The van der Waals surface area contributed by atoms with E-state index in [1.807, 2.05) is 6.92 Å². The summed E-state index contributed by atoms with van der Waals surface area (Å²) in [4.78, 5) is 11.9. The number of aromatic nitrogens is 2. The molecule has 1 aliphatic heterocycles. The summed E-state index contributed by atoms with van der Waals surface area (Å²) in [5, 5.41) is 7.59. The SMILES string of the molecule is CCc1nn(-c2c(F)cc(C(N)=O)c(NC3CCOC3)c2F)c2c1CCC(C)(C)C2. The van der Waals surface area contributed by atoms with E-state index in [-0.39, 0.29) is 28.4 Å². The van der Waals surface area contributed by atoms with Crippen LogP contribution in [0.25, 0.3) is 5.69 Å². The predicted octanol–water partition coefficient (Wildman–Crippen LogP) is 3.53. The van der Waals surface area contributed by atoms with E-state index in [2.05, 4.69) is 24.3 Å². The second-order valence-corrected chi connectivity index (χ2v) is 8.99. The van der Waals surface area contributed by atoms with Crippen LogP contribution in [0.1, 0.15) is 60.9 Å². The number of nitrogens with two attached hydrogens (primary N) is 1. The van der Waals surface area contributed by atoms with Crippen LogP contribution in [0.3, 0.4) is 0 Å². The van der Waals surface area contributed by atoms with E-state index in [0.29, 0.717) is 32.5 Å². The lowest BCUT2D eigenvalue weighted by Gasteiger charge is -2.30. The molecular formula is C22H28F2N4O2. The number of nitrogens with one attached hydrogen (secondary N) is 1.